The predicted octanol–water partition coefficient (Wildman–Crippen LogP) is 9.91. The van der Waals surface area contributed by atoms with Gasteiger partial charge in [-0.3, -0.25) is 24.5 Å². The highest BCUT2D eigenvalue weighted by atomic mass is 35.5. The van der Waals surface area contributed by atoms with Gasteiger partial charge < -0.3 is 16.0 Å². The summed E-state index contributed by atoms with van der Waals surface area (Å²) in [5.41, 5.74) is 3.15. The molecule has 264 valence electrons. The molecule has 0 radical (unpaired) electrons. The zero-order valence-corrected chi connectivity index (χ0v) is 30.5. The summed E-state index contributed by atoms with van der Waals surface area (Å²) in [4.78, 5) is 56.4. The van der Waals surface area contributed by atoms with E-state index >= 15 is 0 Å². The molecule has 0 aliphatic heterocycles. The predicted molar refractivity (Wildman–Crippen MR) is 211 cm³/mol. The van der Waals surface area contributed by atoms with E-state index < -0.39 is 22.0 Å². The number of nitrogens with one attached hydrogen (secondary N) is 3. The van der Waals surface area contributed by atoms with Crippen LogP contribution in [0, 0.1) is 10.1 Å². The fraction of sp³-hybridized carbons (Fsp3) is 0.0256. The van der Waals surface area contributed by atoms with Gasteiger partial charge in [-0.15, -0.1) is 23.1 Å². The third-order valence-corrected chi connectivity index (χ3v) is 10.3. The first-order valence-corrected chi connectivity index (χ1v) is 18.3. The number of carbonyl (C=O) groups excluding carboxylic acids is 3. The zero-order valence-electron chi connectivity index (χ0n) is 27.4. The fourth-order valence-electron chi connectivity index (χ4n) is 4.97. The Morgan fingerprint density at radius 3 is 2.23 bits per heavy atom. The summed E-state index contributed by atoms with van der Waals surface area (Å²) in [6.45, 7) is 0. The van der Waals surface area contributed by atoms with Gasteiger partial charge in [-0.2, -0.15) is 0 Å². The van der Waals surface area contributed by atoms with Gasteiger partial charge in [-0.05, 0) is 71.8 Å². The summed E-state index contributed by atoms with van der Waals surface area (Å²) in [5.74, 6) is -1.45. The molecule has 53 heavy (non-hydrogen) atoms. The maximum atomic E-state index is 13.8. The molecule has 3 N–H and O–H groups in total. The lowest BCUT2D eigenvalue weighted by Crippen LogP contribution is -2.30. The summed E-state index contributed by atoms with van der Waals surface area (Å²) in [5, 5.41) is 21.9. The minimum Gasteiger partial charge on any atom is -0.321 e. The summed E-state index contributed by atoms with van der Waals surface area (Å²) in [6, 6.07) is 35.4. The zero-order chi connectivity index (χ0) is 37.3. The van der Waals surface area contributed by atoms with Crippen LogP contribution in [0.2, 0.25) is 10.0 Å². The van der Waals surface area contributed by atoms with Crippen LogP contribution in [-0.2, 0) is 9.59 Å². The van der Waals surface area contributed by atoms with Crippen molar-refractivity contribution in [2.45, 2.75) is 10.1 Å². The molecular formula is C39H27Cl2N5O5S2. The summed E-state index contributed by atoms with van der Waals surface area (Å²) in [7, 11) is 0. The lowest BCUT2D eigenvalue weighted by atomic mass is 10.1. The number of aromatic nitrogens is 1. The Morgan fingerprint density at radius 2 is 1.53 bits per heavy atom. The van der Waals surface area contributed by atoms with Crippen molar-refractivity contribution in [2.75, 3.05) is 10.6 Å². The number of nitro groups is 1. The maximum Gasteiger partial charge on any atom is 0.272 e. The maximum absolute atomic E-state index is 13.8. The summed E-state index contributed by atoms with van der Waals surface area (Å²) in [6.07, 6.45) is 1.43. The Hall–Kier alpha value is -5.79. The molecule has 0 saturated heterocycles. The Bertz CT molecular complexity index is 2320. The standard InChI is InChI=1S/C39H27Cl2N5O5S2/c40-31-19-16-27(21-32(31)41)34-23-52-39(44-34)45-38(49)35(25-8-3-1-4-9-25)53-30-13-7-12-28(22-30)42-37(48)33(43-36(47)26-10-5-2-6-11-26)20-24-14-17-29(18-15-24)46(50)51/h1-23,35H,(H,42,48)(H,43,47)(H,44,45,49)/b33-20+. The van der Waals surface area contributed by atoms with Crippen LogP contribution in [0.1, 0.15) is 26.7 Å². The van der Waals surface area contributed by atoms with Crippen LogP contribution in [0.5, 0.6) is 0 Å². The number of halogens is 2. The third-order valence-electron chi connectivity index (χ3n) is 7.58. The average Bonchev–Trinajstić information content (AvgIpc) is 3.64. The lowest BCUT2D eigenvalue weighted by molar-refractivity contribution is -0.384. The van der Waals surface area contributed by atoms with E-state index in [4.69, 9.17) is 23.2 Å². The van der Waals surface area contributed by atoms with Gasteiger partial charge in [0.1, 0.15) is 10.9 Å². The van der Waals surface area contributed by atoms with Gasteiger partial charge in [0, 0.05) is 39.2 Å². The van der Waals surface area contributed by atoms with Crippen molar-refractivity contribution in [1.29, 1.82) is 0 Å². The molecule has 10 nitrogen and oxygen atoms in total. The molecule has 5 aromatic carbocycles. The Balaban J connectivity index is 1.21. The molecule has 0 bridgehead atoms. The first-order chi connectivity index (χ1) is 25.6. The number of rotatable bonds is 12. The van der Waals surface area contributed by atoms with Crippen LogP contribution in [0.4, 0.5) is 16.5 Å². The number of thioether (sulfide) groups is 1. The van der Waals surface area contributed by atoms with E-state index in [-0.39, 0.29) is 17.3 Å². The van der Waals surface area contributed by atoms with Crippen LogP contribution in [0.25, 0.3) is 17.3 Å². The van der Waals surface area contributed by atoms with Crippen LogP contribution < -0.4 is 16.0 Å². The molecule has 1 atom stereocenters. The first-order valence-electron chi connectivity index (χ1n) is 15.8. The number of carbonyl (C=O) groups is 3. The molecule has 14 heteroatoms. The Kier molecular flexibility index (Phi) is 12.0. The van der Waals surface area contributed by atoms with E-state index in [9.17, 15) is 24.5 Å². The van der Waals surface area contributed by atoms with Crippen molar-refractivity contribution in [2.24, 2.45) is 0 Å². The molecule has 0 saturated carbocycles. The van der Waals surface area contributed by atoms with Crippen LogP contribution in [-0.4, -0.2) is 27.6 Å². The van der Waals surface area contributed by atoms with Gasteiger partial charge in [-0.25, -0.2) is 4.98 Å². The van der Waals surface area contributed by atoms with Gasteiger partial charge in [0.2, 0.25) is 5.91 Å². The molecular weight excluding hydrogens is 753 g/mol. The van der Waals surface area contributed by atoms with E-state index in [0.717, 1.165) is 11.1 Å². The van der Waals surface area contributed by atoms with Gasteiger partial charge >= 0.3 is 0 Å². The van der Waals surface area contributed by atoms with Crippen molar-refractivity contribution in [3.8, 4) is 11.3 Å². The Morgan fingerprint density at radius 1 is 0.811 bits per heavy atom. The number of benzene rings is 5. The number of hydrogen-bond donors (Lipinski definition) is 3. The van der Waals surface area contributed by atoms with Crippen molar-refractivity contribution >= 4 is 86.6 Å². The van der Waals surface area contributed by atoms with E-state index in [1.54, 1.807) is 66.7 Å². The number of non-ortho nitro benzene ring substituents is 1. The molecule has 6 rings (SSSR count). The molecule has 0 fully saturated rings. The third kappa shape index (κ3) is 9.76. The SMILES string of the molecule is O=C(Nc1cccc(SC(C(=O)Nc2nc(-c3ccc(Cl)c(Cl)c3)cs2)c2ccccc2)c1)/C(=C\c1ccc([N+](=O)[O-])cc1)NC(=O)c1ccccc1. The highest BCUT2D eigenvalue weighted by Gasteiger charge is 2.24. The largest absolute Gasteiger partial charge is 0.321 e. The Labute approximate surface area is 322 Å². The van der Waals surface area contributed by atoms with E-state index in [2.05, 4.69) is 20.9 Å². The second-order valence-corrected chi connectivity index (χ2v) is 14.1. The number of anilines is 2. The molecule has 3 amide bonds. The van der Waals surface area contributed by atoms with Crippen LogP contribution in [0.15, 0.2) is 143 Å². The number of hydrogen-bond acceptors (Lipinski definition) is 8. The molecule has 0 aliphatic carbocycles. The molecule has 6 aromatic rings. The average molecular weight is 781 g/mol. The second kappa shape index (κ2) is 17.2. The lowest BCUT2D eigenvalue weighted by Gasteiger charge is -2.17. The quantitative estimate of drug-likeness (QED) is 0.0486. The summed E-state index contributed by atoms with van der Waals surface area (Å²) >= 11 is 14.8. The minimum atomic E-state index is -0.692. The van der Waals surface area contributed by atoms with Gasteiger partial charge in [-0.1, -0.05) is 83.9 Å². The van der Waals surface area contributed by atoms with Crippen molar-refractivity contribution in [3.63, 3.8) is 0 Å². The molecule has 0 aliphatic rings. The molecule has 1 aromatic heterocycles. The number of amides is 3. The first kappa shape index (κ1) is 37.0. The number of nitrogens with zero attached hydrogens (tertiary/aromatic N) is 2. The summed E-state index contributed by atoms with van der Waals surface area (Å²) < 4.78 is 0. The number of nitro benzene ring substituents is 1. The van der Waals surface area contributed by atoms with Crippen molar-refractivity contribution in [1.82, 2.24) is 10.3 Å². The topological polar surface area (TPSA) is 143 Å². The van der Waals surface area contributed by atoms with Gasteiger partial charge in [0.15, 0.2) is 5.13 Å². The van der Waals surface area contributed by atoms with Crippen LogP contribution >= 0.6 is 46.3 Å². The van der Waals surface area contributed by atoms with Crippen LogP contribution in [0.3, 0.4) is 0 Å². The monoisotopic (exact) mass is 779 g/mol. The van der Waals surface area contributed by atoms with Crippen molar-refractivity contribution in [3.05, 3.63) is 175 Å². The highest BCUT2D eigenvalue weighted by molar-refractivity contribution is 8.00. The molecule has 1 unspecified atom stereocenters. The number of thiazole rings is 1. The van der Waals surface area contributed by atoms with Gasteiger partial charge in [0.05, 0.1) is 20.7 Å². The van der Waals surface area contributed by atoms with Gasteiger partial charge in [0.25, 0.3) is 17.5 Å². The van der Waals surface area contributed by atoms with E-state index in [1.165, 1.54) is 53.4 Å². The molecule has 0 spiro atoms. The fourth-order valence-corrected chi connectivity index (χ4v) is 7.08. The minimum absolute atomic E-state index is 0.0870. The molecule has 1 heterocycles. The second-order valence-electron chi connectivity index (χ2n) is 11.3. The smallest absolute Gasteiger partial charge is 0.272 e. The van der Waals surface area contributed by atoms with E-state index in [0.29, 0.717) is 42.6 Å². The highest BCUT2D eigenvalue weighted by Crippen LogP contribution is 2.38. The van der Waals surface area contributed by atoms with E-state index in [1.807, 2.05) is 41.8 Å². The normalized spacial score (nSPS) is 11.7. The van der Waals surface area contributed by atoms with Crippen molar-refractivity contribution < 1.29 is 19.3 Å².